The van der Waals surface area contributed by atoms with Crippen molar-refractivity contribution in [2.45, 2.75) is 13.8 Å². The van der Waals surface area contributed by atoms with Gasteiger partial charge < -0.3 is 11.5 Å². The van der Waals surface area contributed by atoms with E-state index in [4.69, 9.17) is 22.0 Å². The minimum absolute atomic E-state index is 0.296. The predicted octanol–water partition coefficient (Wildman–Crippen LogP) is 2.86. The molecule has 0 spiro atoms. The number of benzene rings is 1. The van der Waals surface area contributed by atoms with Gasteiger partial charge in [0.1, 0.15) is 31.9 Å². The van der Waals surface area contributed by atoms with E-state index in [0.717, 1.165) is 33.8 Å². The topological polar surface area (TPSA) is 183 Å². The summed E-state index contributed by atoms with van der Waals surface area (Å²) in [4.78, 5) is 25.2. The zero-order valence-electron chi connectivity index (χ0n) is 18.0. The van der Waals surface area contributed by atoms with Gasteiger partial charge in [0.05, 0.1) is 23.6 Å². The first-order chi connectivity index (χ1) is 16.3. The van der Waals surface area contributed by atoms with Crippen LogP contribution < -0.4 is 22.3 Å². The lowest BCUT2D eigenvalue weighted by atomic mass is 10.1. The summed E-state index contributed by atoms with van der Waals surface area (Å²) in [7, 11) is 0. The molecule has 3 aromatic rings. The number of hydrogen-bond donors (Lipinski definition) is 4. The van der Waals surface area contributed by atoms with Gasteiger partial charge in [-0.2, -0.15) is 20.7 Å². The number of carbonyl (C=O) groups is 2. The van der Waals surface area contributed by atoms with Gasteiger partial charge in [-0.3, -0.25) is 9.59 Å². The summed E-state index contributed by atoms with van der Waals surface area (Å²) in [6.07, 6.45) is 2.93. The second kappa shape index (κ2) is 10.4. The molecular formula is C22H18N8O2S2. The summed E-state index contributed by atoms with van der Waals surface area (Å²) in [5.41, 5.74) is 19.4. The lowest BCUT2D eigenvalue weighted by Crippen LogP contribution is -2.17. The Labute approximate surface area is 202 Å². The molecule has 0 unspecified atom stereocenters. The van der Waals surface area contributed by atoms with E-state index < -0.39 is 11.8 Å². The molecule has 10 nitrogen and oxygen atoms in total. The number of carbonyl (C=O) groups excluding carboxylic acids is 2. The van der Waals surface area contributed by atoms with Gasteiger partial charge in [-0.15, -0.1) is 22.7 Å². The van der Waals surface area contributed by atoms with Crippen LogP contribution in [-0.4, -0.2) is 24.2 Å². The Kier molecular flexibility index (Phi) is 7.38. The Morgan fingerprint density at radius 1 is 0.824 bits per heavy atom. The number of amides is 2. The summed E-state index contributed by atoms with van der Waals surface area (Å²) >= 11 is 2.08. The summed E-state index contributed by atoms with van der Waals surface area (Å²) in [6.45, 7) is 3.32. The maximum absolute atomic E-state index is 12.3. The third-order valence-electron chi connectivity index (χ3n) is 4.68. The molecule has 0 saturated carbocycles. The number of nitrogens with two attached hydrogens (primary N) is 2. The monoisotopic (exact) mass is 490 g/mol. The number of nitrogens with one attached hydrogen (secondary N) is 2. The molecule has 2 heterocycles. The van der Waals surface area contributed by atoms with Crippen LogP contribution in [0.5, 0.6) is 0 Å². The van der Waals surface area contributed by atoms with Gasteiger partial charge in [-0.1, -0.05) is 24.3 Å². The van der Waals surface area contributed by atoms with Crippen LogP contribution in [0, 0.1) is 36.5 Å². The molecule has 3 rings (SSSR count). The lowest BCUT2D eigenvalue weighted by molar-refractivity contribution is 0.0950. The molecule has 34 heavy (non-hydrogen) atoms. The van der Waals surface area contributed by atoms with Gasteiger partial charge in [0, 0.05) is 0 Å². The number of hydrogen-bond acceptors (Lipinski definition) is 10. The first-order valence-corrected chi connectivity index (χ1v) is 11.2. The highest BCUT2D eigenvalue weighted by molar-refractivity contribution is 7.18. The SMILES string of the molecule is Cc1c(C(=O)NN=Cc2ccc(C=NNC(=O)c3sc(N)c(C#N)c3C)cc2)sc(N)c1C#N. The van der Waals surface area contributed by atoms with Crippen molar-refractivity contribution < 1.29 is 9.59 Å². The van der Waals surface area contributed by atoms with Crippen molar-refractivity contribution in [1.82, 2.24) is 10.9 Å². The van der Waals surface area contributed by atoms with Crippen molar-refractivity contribution in [3.05, 3.63) is 67.4 Å². The second-order valence-electron chi connectivity index (χ2n) is 6.88. The summed E-state index contributed by atoms with van der Waals surface area (Å²) in [5, 5.41) is 26.6. The molecule has 2 amide bonds. The highest BCUT2D eigenvalue weighted by atomic mass is 32.1. The highest BCUT2D eigenvalue weighted by Gasteiger charge is 2.19. The largest absolute Gasteiger partial charge is 0.389 e. The fraction of sp³-hybridized carbons (Fsp3) is 0.0909. The number of nitrogen functional groups attached to an aromatic ring is 2. The van der Waals surface area contributed by atoms with Crippen molar-refractivity contribution in [2.75, 3.05) is 11.5 Å². The number of rotatable bonds is 6. The molecule has 0 atom stereocenters. The van der Waals surface area contributed by atoms with E-state index in [-0.39, 0.29) is 0 Å². The number of hydrazone groups is 2. The molecule has 0 bridgehead atoms. The van der Waals surface area contributed by atoms with Crippen molar-refractivity contribution in [1.29, 1.82) is 10.5 Å². The van der Waals surface area contributed by atoms with E-state index >= 15 is 0 Å². The predicted molar refractivity (Wildman–Crippen MR) is 133 cm³/mol. The van der Waals surface area contributed by atoms with Crippen LogP contribution in [0.2, 0.25) is 0 Å². The van der Waals surface area contributed by atoms with Crippen molar-refractivity contribution in [3.8, 4) is 12.1 Å². The van der Waals surface area contributed by atoms with Crippen LogP contribution in [0.1, 0.15) is 52.7 Å². The highest BCUT2D eigenvalue weighted by Crippen LogP contribution is 2.30. The molecule has 170 valence electrons. The third-order valence-corrected chi connectivity index (χ3v) is 6.92. The van der Waals surface area contributed by atoms with Gasteiger partial charge >= 0.3 is 0 Å². The minimum Gasteiger partial charge on any atom is -0.389 e. The standard InChI is InChI=1S/C22H18N8O2S2/c1-11-15(7-23)19(25)33-17(11)21(31)29-27-9-13-3-5-14(6-4-13)10-28-30-22(32)18-12(2)16(8-24)20(26)34-18/h3-6,9-10H,25-26H2,1-2H3,(H,29,31)(H,30,32). The zero-order valence-corrected chi connectivity index (χ0v) is 19.7. The van der Waals surface area contributed by atoms with Crippen LogP contribution in [0.4, 0.5) is 10.0 Å². The molecule has 0 fully saturated rings. The van der Waals surface area contributed by atoms with Gasteiger partial charge in [0.2, 0.25) is 0 Å². The average Bonchev–Trinajstić information content (AvgIpc) is 3.28. The van der Waals surface area contributed by atoms with E-state index in [9.17, 15) is 9.59 Å². The van der Waals surface area contributed by atoms with Gasteiger partial charge in [0.15, 0.2) is 0 Å². The molecule has 1 aromatic carbocycles. The first-order valence-electron chi connectivity index (χ1n) is 9.61. The Hall–Kier alpha value is -4.52. The summed E-state index contributed by atoms with van der Waals surface area (Å²) in [5.74, 6) is -0.896. The number of nitrogens with zero attached hydrogens (tertiary/aromatic N) is 4. The fourth-order valence-electron chi connectivity index (χ4n) is 2.88. The van der Waals surface area contributed by atoms with E-state index in [2.05, 4.69) is 21.1 Å². The first kappa shape index (κ1) is 24.1. The minimum atomic E-state index is -0.448. The van der Waals surface area contributed by atoms with E-state index in [1.54, 1.807) is 38.1 Å². The van der Waals surface area contributed by atoms with Gasteiger partial charge in [-0.25, -0.2) is 10.9 Å². The molecule has 0 saturated heterocycles. The van der Waals surface area contributed by atoms with Crippen molar-refractivity contribution in [2.24, 2.45) is 10.2 Å². The van der Waals surface area contributed by atoms with Crippen LogP contribution in [0.3, 0.4) is 0 Å². The van der Waals surface area contributed by atoms with Gasteiger partial charge in [0.25, 0.3) is 11.8 Å². The Morgan fingerprint density at radius 3 is 1.47 bits per heavy atom. The molecule has 0 radical (unpaired) electrons. The maximum Gasteiger partial charge on any atom is 0.281 e. The van der Waals surface area contributed by atoms with Crippen molar-refractivity contribution >= 4 is 56.9 Å². The number of nitriles is 2. The van der Waals surface area contributed by atoms with Crippen LogP contribution in [-0.2, 0) is 0 Å². The normalized spacial score (nSPS) is 10.8. The van der Waals surface area contributed by atoms with Crippen LogP contribution >= 0.6 is 22.7 Å². The molecule has 0 aliphatic rings. The molecule has 2 aromatic heterocycles. The number of thiophene rings is 2. The molecular weight excluding hydrogens is 472 g/mol. The number of anilines is 2. The van der Waals surface area contributed by atoms with E-state index in [1.165, 1.54) is 12.4 Å². The molecule has 6 N–H and O–H groups in total. The molecule has 0 aliphatic heterocycles. The zero-order chi connectivity index (χ0) is 24.8. The lowest BCUT2D eigenvalue weighted by Gasteiger charge is -1.99. The smallest absolute Gasteiger partial charge is 0.281 e. The Morgan fingerprint density at radius 2 is 1.18 bits per heavy atom. The third kappa shape index (κ3) is 5.10. The second-order valence-corrected chi connectivity index (χ2v) is 8.98. The Balaban J connectivity index is 1.57. The molecule has 12 heteroatoms. The van der Waals surface area contributed by atoms with Crippen LogP contribution in [0.15, 0.2) is 34.5 Å². The van der Waals surface area contributed by atoms with Gasteiger partial charge in [-0.05, 0) is 36.1 Å². The van der Waals surface area contributed by atoms with Crippen molar-refractivity contribution in [3.63, 3.8) is 0 Å². The fourth-order valence-corrected chi connectivity index (χ4v) is 4.71. The molecule has 0 aliphatic carbocycles. The average molecular weight is 491 g/mol. The quantitative estimate of drug-likeness (QED) is 0.304. The summed E-state index contributed by atoms with van der Waals surface area (Å²) in [6, 6.07) is 11.0. The Bertz CT molecular complexity index is 1300. The summed E-state index contributed by atoms with van der Waals surface area (Å²) < 4.78 is 0. The maximum atomic E-state index is 12.3. The van der Waals surface area contributed by atoms with E-state index in [0.29, 0.717) is 42.0 Å². The van der Waals surface area contributed by atoms with Crippen LogP contribution in [0.25, 0.3) is 0 Å². The van der Waals surface area contributed by atoms with E-state index in [1.807, 2.05) is 12.1 Å².